The second kappa shape index (κ2) is 5.71. The summed E-state index contributed by atoms with van der Waals surface area (Å²) >= 11 is 1.73. The number of rotatable bonds is 3. The van der Waals surface area contributed by atoms with Crippen molar-refractivity contribution in [2.75, 3.05) is 20.1 Å². The van der Waals surface area contributed by atoms with E-state index in [1.807, 2.05) is 6.92 Å². The van der Waals surface area contributed by atoms with Crippen LogP contribution >= 0.6 is 11.3 Å². The van der Waals surface area contributed by atoms with Gasteiger partial charge in [0, 0.05) is 17.5 Å². The van der Waals surface area contributed by atoms with Gasteiger partial charge >= 0.3 is 0 Å². The van der Waals surface area contributed by atoms with Crippen molar-refractivity contribution in [2.24, 2.45) is 0 Å². The Balaban J connectivity index is 1.91. The summed E-state index contributed by atoms with van der Waals surface area (Å²) in [4.78, 5) is 18.7. The Kier molecular flexibility index (Phi) is 4.08. The Morgan fingerprint density at radius 2 is 2.33 bits per heavy atom. The first-order valence-corrected chi connectivity index (χ1v) is 8.75. The third kappa shape index (κ3) is 2.62. The van der Waals surface area contributed by atoms with Crippen molar-refractivity contribution in [1.29, 1.82) is 0 Å². The predicted molar refractivity (Wildman–Crippen MR) is 86.3 cm³/mol. The number of nitrogens with zero attached hydrogens (tertiary/aromatic N) is 2. The lowest BCUT2D eigenvalue weighted by molar-refractivity contribution is -0.136. The highest BCUT2D eigenvalue weighted by Crippen LogP contribution is 2.37. The largest absolute Gasteiger partial charge is 0.316 e. The number of piperidine rings is 1. The monoisotopic (exact) mass is 307 g/mol. The summed E-state index contributed by atoms with van der Waals surface area (Å²) in [6, 6.07) is 4.53. The maximum atomic E-state index is 13.0. The summed E-state index contributed by atoms with van der Waals surface area (Å²) in [5.74, 6) is 0.267. The number of nitrogens with one attached hydrogen (secondary N) is 1. The summed E-state index contributed by atoms with van der Waals surface area (Å²) in [5.41, 5.74) is -0.426. The number of carbonyl (C=O) groups is 1. The summed E-state index contributed by atoms with van der Waals surface area (Å²) in [6.45, 7) is 6.26. The van der Waals surface area contributed by atoms with Crippen molar-refractivity contribution in [1.82, 2.24) is 15.1 Å². The van der Waals surface area contributed by atoms with Crippen molar-refractivity contribution in [3.63, 3.8) is 0 Å². The molecule has 0 saturated carbocycles. The molecular formula is C16H25N3OS. The molecule has 2 aliphatic heterocycles. The zero-order valence-corrected chi connectivity index (χ0v) is 13.9. The van der Waals surface area contributed by atoms with Gasteiger partial charge in [-0.05, 0) is 51.2 Å². The van der Waals surface area contributed by atoms with Gasteiger partial charge in [-0.1, -0.05) is 13.0 Å². The Hall–Kier alpha value is -0.910. The minimum absolute atomic E-state index is 0.0407. The zero-order chi connectivity index (χ0) is 15.0. The molecular weight excluding hydrogens is 282 g/mol. The standard InChI is InChI=1S/C16H25N3OS/c1-4-16(2)15(20)19(12-7-5-9-18(3)11-12)14(17-16)13-8-6-10-21-13/h6,8,10,12,14,17H,4-5,7,9,11H2,1-3H3. The van der Waals surface area contributed by atoms with Crippen LogP contribution in [0.1, 0.15) is 44.2 Å². The molecule has 3 atom stereocenters. The van der Waals surface area contributed by atoms with Gasteiger partial charge in [-0.3, -0.25) is 10.1 Å². The first-order valence-electron chi connectivity index (χ1n) is 7.87. The van der Waals surface area contributed by atoms with Crippen molar-refractivity contribution < 1.29 is 4.79 Å². The molecule has 2 fully saturated rings. The normalized spacial score (nSPS) is 34.6. The van der Waals surface area contributed by atoms with Crippen molar-refractivity contribution in [2.45, 2.75) is 50.9 Å². The van der Waals surface area contributed by atoms with Gasteiger partial charge in [0.2, 0.25) is 5.91 Å². The molecule has 0 bridgehead atoms. The van der Waals surface area contributed by atoms with E-state index in [0.717, 1.165) is 25.9 Å². The molecule has 0 aromatic carbocycles. The van der Waals surface area contributed by atoms with Gasteiger partial charge in [0.15, 0.2) is 0 Å². The molecule has 1 aromatic heterocycles. The summed E-state index contributed by atoms with van der Waals surface area (Å²) in [7, 11) is 2.15. The van der Waals surface area contributed by atoms with Crippen LogP contribution in [-0.4, -0.2) is 47.4 Å². The SMILES string of the molecule is CCC1(C)NC(c2cccs2)N(C2CCCN(C)C2)C1=O. The molecule has 0 spiro atoms. The number of hydrogen-bond donors (Lipinski definition) is 1. The summed E-state index contributed by atoms with van der Waals surface area (Å²) in [5, 5.41) is 5.69. The van der Waals surface area contributed by atoms with E-state index < -0.39 is 5.54 Å². The highest BCUT2D eigenvalue weighted by Gasteiger charge is 2.50. The van der Waals surface area contributed by atoms with Gasteiger partial charge in [-0.25, -0.2) is 0 Å². The zero-order valence-electron chi connectivity index (χ0n) is 13.1. The van der Waals surface area contributed by atoms with Crippen LogP contribution < -0.4 is 5.32 Å². The lowest BCUT2D eigenvalue weighted by atomic mass is 9.97. The Labute approximate surface area is 131 Å². The molecule has 3 heterocycles. The van der Waals surface area contributed by atoms with Gasteiger partial charge in [0.1, 0.15) is 6.17 Å². The average Bonchev–Trinajstić information content (AvgIpc) is 3.07. The van der Waals surface area contributed by atoms with E-state index in [2.05, 4.69) is 46.6 Å². The van der Waals surface area contributed by atoms with Crippen LogP contribution in [0.4, 0.5) is 0 Å². The van der Waals surface area contributed by atoms with Crippen LogP contribution in [-0.2, 0) is 4.79 Å². The minimum Gasteiger partial charge on any atom is -0.316 e. The van der Waals surface area contributed by atoms with E-state index in [-0.39, 0.29) is 12.1 Å². The molecule has 3 unspecified atom stereocenters. The van der Waals surface area contributed by atoms with Crippen molar-refractivity contribution in [3.05, 3.63) is 22.4 Å². The fourth-order valence-corrected chi connectivity index (χ4v) is 4.26. The fraction of sp³-hybridized carbons (Fsp3) is 0.688. The van der Waals surface area contributed by atoms with E-state index in [0.29, 0.717) is 6.04 Å². The quantitative estimate of drug-likeness (QED) is 0.931. The maximum Gasteiger partial charge on any atom is 0.244 e. The van der Waals surface area contributed by atoms with Crippen molar-refractivity contribution in [3.8, 4) is 0 Å². The maximum absolute atomic E-state index is 13.0. The van der Waals surface area contributed by atoms with Crippen LogP contribution in [0.25, 0.3) is 0 Å². The second-order valence-electron chi connectivity index (χ2n) is 6.52. The number of amides is 1. The molecule has 1 aromatic rings. The van der Waals surface area contributed by atoms with E-state index in [1.54, 1.807) is 11.3 Å². The van der Waals surface area contributed by atoms with Crippen LogP contribution in [0.15, 0.2) is 17.5 Å². The average molecular weight is 307 g/mol. The van der Waals surface area contributed by atoms with E-state index in [9.17, 15) is 4.79 Å². The first-order chi connectivity index (χ1) is 10.0. The number of likely N-dealkylation sites (tertiary alicyclic amines) is 1. The predicted octanol–water partition coefficient (Wildman–Crippen LogP) is 2.44. The molecule has 4 nitrogen and oxygen atoms in total. The molecule has 2 aliphatic rings. The van der Waals surface area contributed by atoms with Gasteiger partial charge in [-0.15, -0.1) is 11.3 Å². The fourth-order valence-electron chi connectivity index (χ4n) is 3.49. The molecule has 1 amide bonds. The molecule has 21 heavy (non-hydrogen) atoms. The minimum atomic E-state index is -0.426. The number of hydrogen-bond acceptors (Lipinski definition) is 4. The lowest BCUT2D eigenvalue weighted by Gasteiger charge is -2.38. The van der Waals surface area contributed by atoms with Crippen molar-refractivity contribution >= 4 is 17.2 Å². The first kappa shape index (κ1) is 15.0. The summed E-state index contributed by atoms with van der Waals surface area (Å²) in [6.07, 6.45) is 3.15. The van der Waals surface area contributed by atoms with Gasteiger partial charge in [0.25, 0.3) is 0 Å². The molecule has 2 saturated heterocycles. The Morgan fingerprint density at radius 3 is 2.95 bits per heavy atom. The third-order valence-electron chi connectivity index (χ3n) is 4.95. The van der Waals surface area contributed by atoms with Crippen LogP contribution in [0.5, 0.6) is 0 Å². The van der Waals surface area contributed by atoms with E-state index in [4.69, 9.17) is 0 Å². The molecule has 116 valence electrons. The van der Waals surface area contributed by atoms with Gasteiger partial charge < -0.3 is 9.80 Å². The second-order valence-corrected chi connectivity index (χ2v) is 7.50. The van der Waals surface area contributed by atoms with Gasteiger partial charge in [0.05, 0.1) is 5.54 Å². The Morgan fingerprint density at radius 1 is 1.52 bits per heavy atom. The molecule has 0 radical (unpaired) electrons. The third-order valence-corrected chi connectivity index (χ3v) is 5.88. The molecule has 5 heteroatoms. The number of likely N-dealkylation sites (N-methyl/N-ethyl adjacent to an activating group) is 1. The Bertz CT molecular complexity index is 504. The molecule has 0 aliphatic carbocycles. The van der Waals surface area contributed by atoms with Gasteiger partial charge in [-0.2, -0.15) is 0 Å². The van der Waals surface area contributed by atoms with Crippen LogP contribution in [0, 0.1) is 0 Å². The highest BCUT2D eigenvalue weighted by atomic mass is 32.1. The summed E-state index contributed by atoms with van der Waals surface area (Å²) < 4.78 is 0. The van der Waals surface area contributed by atoms with Crippen LogP contribution in [0.2, 0.25) is 0 Å². The lowest BCUT2D eigenvalue weighted by Crippen LogP contribution is -2.50. The highest BCUT2D eigenvalue weighted by molar-refractivity contribution is 7.10. The topological polar surface area (TPSA) is 35.6 Å². The van der Waals surface area contributed by atoms with E-state index in [1.165, 1.54) is 11.3 Å². The number of thiophene rings is 1. The smallest absolute Gasteiger partial charge is 0.244 e. The molecule has 3 rings (SSSR count). The van der Waals surface area contributed by atoms with Crippen LogP contribution in [0.3, 0.4) is 0 Å². The number of carbonyl (C=O) groups excluding carboxylic acids is 1. The molecule has 1 N–H and O–H groups in total. The van der Waals surface area contributed by atoms with E-state index >= 15 is 0 Å².